The maximum atomic E-state index is 3.88. The van der Waals surface area contributed by atoms with E-state index in [1.54, 1.807) is 0 Å². The highest BCUT2D eigenvalue weighted by molar-refractivity contribution is 7.99. The van der Waals surface area contributed by atoms with Crippen LogP contribution in [0.5, 0.6) is 0 Å². The molecule has 2 aromatic carbocycles. The van der Waals surface area contributed by atoms with E-state index < -0.39 is 0 Å². The van der Waals surface area contributed by atoms with Crippen LogP contribution >= 0.6 is 11.8 Å². The first-order valence-electron chi connectivity index (χ1n) is 7.24. The van der Waals surface area contributed by atoms with Gasteiger partial charge in [-0.15, -0.1) is 13.2 Å². The summed E-state index contributed by atoms with van der Waals surface area (Å²) in [5, 5.41) is 0. The minimum Gasteiger partial charge on any atom is -0.103 e. The molecule has 0 aromatic heterocycles. The second-order valence-corrected chi connectivity index (χ2v) is 6.27. The molecule has 0 nitrogen and oxygen atoms in total. The fourth-order valence-corrected chi connectivity index (χ4v) is 3.74. The van der Waals surface area contributed by atoms with Crippen molar-refractivity contribution in [2.24, 2.45) is 0 Å². The molecule has 1 heteroatoms. The van der Waals surface area contributed by atoms with Crippen molar-refractivity contribution in [2.75, 3.05) is 0 Å². The number of aryl methyl sites for hydroxylation is 2. The Kier molecular flexibility index (Phi) is 5.46. The van der Waals surface area contributed by atoms with Crippen molar-refractivity contribution in [1.82, 2.24) is 0 Å². The van der Waals surface area contributed by atoms with Crippen molar-refractivity contribution in [1.29, 1.82) is 0 Å². The monoisotopic (exact) mass is 294 g/mol. The molecule has 21 heavy (non-hydrogen) atoms. The highest BCUT2D eigenvalue weighted by Crippen LogP contribution is 2.35. The van der Waals surface area contributed by atoms with Crippen LogP contribution in [0.1, 0.15) is 22.3 Å². The maximum absolute atomic E-state index is 3.88. The fourth-order valence-electron chi connectivity index (χ4n) is 2.47. The van der Waals surface area contributed by atoms with Gasteiger partial charge in [-0.25, -0.2) is 0 Å². The molecule has 2 rings (SSSR count). The summed E-state index contributed by atoms with van der Waals surface area (Å²) < 4.78 is 0. The van der Waals surface area contributed by atoms with Crippen molar-refractivity contribution in [3.8, 4) is 0 Å². The van der Waals surface area contributed by atoms with Crippen LogP contribution in [0.4, 0.5) is 0 Å². The minimum atomic E-state index is 0.914. The minimum absolute atomic E-state index is 0.914. The van der Waals surface area contributed by atoms with Crippen LogP contribution in [0.2, 0.25) is 0 Å². The van der Waals surface area contributed by atoms with Crippen LogP contribution in [-0.4, -0.2) is 0 Å². The van der Waals surface area contributed by atoms with Crippen LogP contribution in [0.15, 0.2) is 71.5 Å². The normalized spacial score (nSPS) is 10.4. The number of rotatable bonds is 6. The second kappa shape index (κ2) is 7.33. The SMILES string of the molecule is C=CCc1c(C)cccc1Sc1cccc(C)c1CC=C. The van der Waals surface area contributed by atoms with Crippen molar-refractivity contribution < 1.29 is 0 Å². The molecule has 2 aromatic rings. The molecule has 0 heterocycles. The van der Waals surface area contributed by atoms with E-state index in [4.69, 9.17) is 0 Å². The van der Waals surface area contributed by atoms with Crippen molar-refractivity contribution in [3.63, 3.8) is 0 Å². The topological polar surface area (TPSA) is 0 Å². The summed E-state index contributed by atoms with van der Waals surface area (Å²) in [7, 11) is 0. The first kappa shape index (κ1) is 15.7. The van der Waals surface area contributed by atoms with Gasteiger partial charge >= 0.3 is 0 Å². The predicted octanol–water partition coefficient (Wildman–Crippen LogP) is 5.91. The van der Waals surface area contributed by atoms with Gasteiger partial charge in [0.15, 0.2) is 0 Å². The van der Waals surface area contributed by atoms with Gasteiger partial charge in [-0.1, -0.05) is 48.2 Å². The number of hydrogen-bond acceptors (Lipinski definition) is 1. The van der Waals surface area contributed by atoms with Crippen LogP contribution in [0, 0.1) is 13.8 Å². The van der Waals surface area contributed by atoms with Crippen molar-refractivity contribution in [2.45, 2.75) is 36.5 Å². The van der Waals surface area contributed by atoms with Crippen molar-refractivity contribution >= 4 is 11.8 Å². The zero-order chi connectivity index (χ0) is 15.2. The van der Waals surface area contributed by atoms with Gasteiger partial charge in [-0.3, -0.25) is 0 Å². The molecule has 0 fully saturated rings. The number of benzene rings is 2. The molecule has 0 amide bonds. The van der Waals surface area contributed by atoms with E-state index in [-0.39, 0.29) is 0 Å². The smallest absolute Gasteiger partial charge is 0.0160 e. The Morgan fingerprint density at radius 3 is 1.62 bits per heavy atom. The summed E-state index contributed by atoms with van der Waals surface area (Å²) in [6.45, 7) is 12.1. The van der Waals surface area contributed by atoms with E-state index >= 15 is 0 Å². The highest BCUT2D eigenvalue weighted by Gasteiger charge is 2.10. The largest absolute Gasteiger partial charge is 0.103 e. The third-order valence-corrected chi connectivity index (χ3v) is 4.86. The first-order valence-corrected chi connectivity index (χ1v) is 8.05. The van der Waals surface area contributed by atoms with Crippen molar-refractivity contribution in [3.05, 3.63) is 84.0 Å². The zero-order valence-corrected chi connectivity index (χ0v) is 13.7. The van der Waals surface area contributed by atoms with E-state index in [0.717, 1.165) is 12.8 Å². The summed E-state index contributed by atoms with van der Waals surface area (Å²) in [5.41, 5.74) is 5.42. The van der Waals surface area contributed by atoms with Crippen LogP contribution in [-0.2, 0) is 12.8 Å². The first-order chi connectivity index (χ1) is 10.2. The summed E-state index contributed by atoms with van der Waals surface area (Å²) in [5.74, 6) is 0. The average Bonchev–Trinajstić information content (AvgIpc) is 2.46. The lowest BCUT2D eigenvalue weighted by Gasteiger charge is -2.14. The van der Waals surface area contributed by atoms with Gasteiger partial charge in [-0.05, 0) is 61.1 Å². The molecule has 0 radical (unpaired) electrons. The summed E-state index contributed by atoms with van der Waals surface area (Å²) in [6.07, 6.45) is 5.79. The van der Waals surface area contributed by atoms with Crippen LogP contribution in [0.25, 0.3) is 0 Å². The molecule has 0 aliphatic carbocycles. The average molecular weight is 294 g/mol. The van der Waals surface area contributed by atoms with Gasteiger partial charge < -0.3 is 0 Å². The Bertz CT molecular complexity index is 595. The lowest BCUT2D eigenvalue weighted by Crippen LogP contribution is -1.94. The van der Waals surface area contributed by atoms with Crippen LogP contribution < -0.4 is 0 Å². The highest BCUT2D eigenvalue weighted by atomic mass is 32.2. The quantitative estimate of drug-likeness (QED) is 0.597. The van der Waals surface area contributed by atoms with Gasteiger partial charge in [0, 0.05) is 9.79 Å². The standard InChI is InChI=1S/C20H22S/c1-5-9-17-15(3)11-7-13-19(17)21-20-14-8-12-16(4)18(20)10-6-2/h5-8,11-14H,1-2,9-10H2,3-4H3. The molecule has 0 spiro atoms. The Hall–Kier alpha value is -1.73. The Labute approximate surface area is 132 Å². The van der Waals surface area contributed by atoms with Gasteiger partial charge in [0.2, 0.25) is 0 Å². The molecule has 0 unspecified atom stereocenters. The summed E-state index contributed by atoms with van der Waals surface area (Å²) in [4.78, 5) is 2.65. The van der Waals surface area contributed by atoms with E-state index in [9.17, 15) is 0 Å². The second-order valence-electron chi connectivity index (χ2n) is 5.19. The van der Waals surface area contributed by atoms with Gasteiger partial charge in [0.05, 0.1) is 0 Å². The number of allylic oxidation sites excluding steroid dienone is 2. The van der Waals surface area contributed by atoms with E-state index in [1.807, 2.05) is 23.9 Å². The maximum Gasteiger partial charge on any atom is 0.0160 e. The van der Waals surface area contributed by atoms with E-state index in [1.165, 1.54) is 32.0 Å². The molecule has 0 saturated heterocycles. The molecule has 0 saturated carbocycles. The molecule has 0 bridgehead atoms. The fraction of sp³-hybridized carbons (Fsp3) is 0.200. The molecule has 0 aliphatic rings. The third kappa shape index (κ3) is 3.68. The van der Waals surface area contributed by atoms with E-state index in [0.29, 0.717) is 0 Å². The molecular formula is C20H22S. The number of hydrogen-bond donors (Lipinski definition) is 0. The molecular weight excluding hydrogens is 272 g/mol. The lowest BCUT2D eigenvalue weighted by molar-refractivity contribution is 1.11. The Morgan fingerprint density at radius 1 is 0.810 bits per heavy atom. The van der Waals surface area contributed by atoms with Gasteiger partial charge in [-0.2, -0.15) is 0 Å². The molecule has 0 aliphatic heterocycles. The molecule has 108 valence electrons. The Morgan fingerprint density at radius 2 is 1.24 bits per heavy atom. The summed E-state index contributed by atoms with van der Waals surface area (Å²) >= 11 is 1.85. The van der Waals surface area contributed by atoms with E-state index in [2.05, 4.69) is 63.4 Å². The summed E-state index contributed by atoms with van der Waals surface area (Å²) in [6, 6.07) is 13.0. The van der Waals surface area contributed by atoms with Gasteiger partial charge in [0.1, 0.15) is 0 Å². The predicted molar refractivity (Wildman–Crippen MR) is 94.3 cm³/mol. The van der Waals surface area contributed by atoms with Crippen LogP contribution in [0.3, 0.4) is 0 Å². The van der Waals surface area contributed by atoms with Gasteiger partial charge in [0.25, 0.3) is 0 Å². The lowest BCUT2D eigenvalue weighted by atomic mass is 10.1. The molecule has 0 atom stereocenters. The Balaban J connectivity index is 2.43. The third-order valence-electron chi connectivity index (χ3n) is 3.65. The molecule has 0 N–H and O–H groups in total. The zero-order valence-electron chi connectivity index (χ0n) is 12.9.